The van der Waals surface area contributed by atoms with E-state index in [-0.39, 0.29) is 5.75 Å². The highest BCUT2D eigenvalue weighted by atomic mass is 32.2. The Labute approximate surface area is 158 Å². The van der Waals surface area contributed by atoms with E-state index in [4.69, 9.17) is 4.55 Å². The molecule has 0 aliphatic heterocycles. The van der Waals surface area contributed by atoms with Gasteiger partial charge in [0.05, 0.1) is 30.1 Å². The summed E-state index contributed by atoms with van der Waals surface area (Å²) in [6, 6.07) is 15.8. The Morgan fingerprint density at radius 2 is 1.93 bits per heavy atom. The molecule has 1 aromatic heterocycles. The molecule has 142 valence electrons. The van der Waals surface area contributed by atoms with Crippen LogP contribution >= 0.6 is 0 Å². The van der Waals surface area contributed by atoms with Gasteiger partial charge in [0.2, 0.25) is 6.20 Å². The molecule has 8 heteroatoms. The van der Waals surface area contributed by atoms with Crippen LogP contribution in [-0.4, -0.2) is 36.7 Å². The molecule has 1 N–H and O–H groups in total. The van der Waals surface area contributed by atoms with Crippen LogP contribution in [0.5, 0.6) is 0 Å². The van der Waals surface area contributed by atoms with Crippen LogP contribution in [-0.2, 0) is 23.7 Å². The molecule has 7 nitrogen and oxygen atoms in total. The first-order valence-corrected chi connectivity index (χ1v) is 10.2. The molecule has 0 aliphatic carbocycles. The summed E-state index contributed by atoms with van der Waals surface area (Å²) in [7, 11) is -0.119. The van der Waals surface area contributed by atoms with Gasteiger partial charge in [0.15, 0.2) is 6.54 Å². The van der Waals surface area contributed by atoms with Crippen LogP contribution in [0.25, 0.3) is 10.9 Å². The van der Waals surface area contributed by atoms with Gasteiger partial charge < -0.3 is 0 Å². The zero-order chi connectivity index (χ0) is 19.4. The van der Waals surface area contributed by atoms with Gasteiger partial charge >= 0.3 is 0 Å². The van der Waals surface area contributed by atoms with E-state index in [9.17, 15) is 8.42 Å². The average Bonchev–Trinajstić information content (AvgIpc) is 2.96. The monoisotopic (exact) mass is 387 g/mol. The van der Waals surface area contributed by atoms with E-state index in [2.05, 4.69) is 5.10 Å². The number of aromatic nitrogens is 2. The van der Waals surface area contributed by atoms with Gasteiger partial charge in [-0.15, -0.1) is 4.68 Å². The number of hydrazone groups is 1. The lowest BCUT2D eigenvalue weighted by molar-refractivity contribution is -0.770. The third-order valence-electron chi connectivity index (χ3n) is 4.38. The van der Waals surface area contributed by atoms with E-state index in [0.29, 0.717) is 13.0 Å². The number of aryl methyl sites for hydroxylation is 2. The number of benzene rings is 2. The largest absolute Gasteiger partial charge is 0.286 e. The minimum atomic E-state index is -3.94. The summed E-state index contributed by atoms with van der Waals surface area (Å²) in [4.78, 5) is 0. The van der Waals surface area contributed by atoms with Crippen molar-refractivity contribution in [3.8, 4) is 0 Å². The van der Waals surface area contributed by atoms with Gasteiger partial charge in [-0.25, -0.2) is 0 Å². The highest BCUT2D eigenvalue weighted by molar-refractivity contribution is 7.85. The van der Waals surface area contributed by atoms with Crippen molar-refractivity contribution in [3.05, 3.63) is 60.3 Å². The number of rotatable bonds is 7. The zero-order valence-electron chi connectivity index (χ0n) is 15.4. The van der Waals surface area contributed by atoms with Gasteiger partial charge in [-0.05, 0) is 18.2 Å². The molecule has 0 aliphatic rings. The van der Waals surface area contributed by atoms with E-state index < -0.39 is 10.1 Å². The van der Waals surface area contributed by atoms with Crippen molar-refractivity contribution in [3.63, 3.8) is 0 Å². The van der Waals surface area contributed by atoms with Crippen molar-refractivity contribution in [2.45, 2.75) is 13.0 Å². The smallest absolute Gasteiger partial charge is 0.265 e. The predicted molar refractivity (Wildman–Crippen MR) is 107 cm³/mol. The summed E-state index contributed by atoms with van der Waals surface area (Å²) in [6.45, 7) is 0.492. The fourth-order valence-corrected chi connectivity index (χ4v) is 3.51. The molecule has 27 heavy (non-hydrogen) atoms. The van der Waals surface area contributed by atoms with E-state index in [1.807, 2.05) is 89.4 Å². The minimum Gasteiger partial charge on any atom is -0.286 e. The molecule has 2 aromatic carbocycles. The highest BCUT2D eigenvalue weighted by Gasteiger charge is 2.16. The second-order valence-corrected chi connectivity index (χ2v) is 7.92. The molecule has 0 fully saturated rings. The Balaban J connectivity index is 1.85. The number of hydrogen-bond acceptors (Lipinski definition) is 4. The van der Waals surface area contributed by atoms with Crippen molar-refractivity contribution in [2.24, 2.45) is 12.1 Å². The summed E-state index contributed by atoms with van der Waals surface area (Å²) in [5, 5.41) is 7.38. The topological polar surface area (TPSA) is 78.8 Å². The molecule has 0 bridgehead atoms. The number of hydrogen-bond donors (Lipinski definition) is 1. The van der Waals surface area contributed by atoms with Gasteiger partial charge in [-0.1, -0.05) is 30.3 Å². The summed E-state index contributed by atoms with van der Waals surface area (Å²) in [5.41, 5.74) is 2.97. The van der Waals surface area contributed by atoms with Crippen LogP contribution in [0.15, 0.2) is 59.8 Å². The first-order valence-electron chi connectivity index (χ1n) is 8.61. The lowest BCUT2D eigenvalue weighted by atomic mass is 10.1. The maximum atomic E-state index is 10.9. The van der Waals surface area contributed by atoms with Crippen molar-refractivity contribution in [1.82, 2.24) is 4.68 Å². The lowest BCUT2D eigenvalue weighted by Crippen LogP contribution is -2.41. The Bertz CT molecular complexity index is 1060. The molecular weight excluding hydrogens is 364 g/mol. The van der Waals surface area contributed by atoms with Gasteiger partial charge in [0, 0.05) is 19.0 Å². The normalized spacial score (nSPS) is 12.1. The molecule has 0 unspecified atom stereocenters. The van der Waals surface area contributed by atoms with Crippen LogP contribution < -0.4 is 9.69 Å². The first kappa shape index (κ1) is 19.1. The fraction of sp³-hybridized carbons (Fsp3) is 0.263. The van der Waals surface area contributed by atoms with Gasteiger partial charge in [0.25, 0.3) is 10.1 Å². The van der Waals surface area contributed by atoms with E-state index >= 15 is 0 Å². The Kier molecular flexibility index (Phi) is 5.57. The molecule has 0 saturated carbocycles. The van der Waals surface area contributed by atoms with Crippen LogP contribution in [0.1, 0.15) is 12.0 Å². The molecule has 0 amide bonds. The summed E-state index contributed by atoms with van der Waals surface area (Å²) < 4.78 is 34.6. The average molecular weight is 387 g/mol. The molecule has 0 atom stereocenters. The second kappa shape index (κ2) is 7.89. The molecule has 0 radical (unpaired) electrons. The SMILES string of the molecule is CN(/N=C/c1cccc2c[n+](CCCS(=O)(=O)O)n(C)c12)c1ccccc1. The van der Waals surface area contributed by atoms with Crippen LogP contribution in [0.4, 0.5) is 5.69 Å². The number of nitrogens with zero attached hydrogens (tertiary/aromatic N) is 4. The molecule has 0 saturated heterocycles. The quantitative estimate of drug-likeness (QED) is 0.292. The standard InChI is InChI=1S/C19H22N4O3S/c1-21(18-10-4-3-5-11-18)20-14-16-8-6-9-17-15-23(22(2)19(16)17)12-7-13-27(24,25)26/h3-6,8-11,14-15H,7,12-13H2,1-2H3/p+1/b20-14+. The first-order chi connectivity index (χ1) is 12.8. The zero-order valence-corrected chi connectivity index (χ0v) is 16.2. The Morgan fingerprint density at radius 1 is 1.19 bits per heavy atom. The summed E-state index contributed by atoms with van der Waals surface area (Å²) >= 11 is 0. The molecule has 3 rings (SSSR count). The number of fused-ring (bicyclic) bond motifs is 1. The maximum absolute atomic E-state index is 10.9. The van der Waals surface area contributed by atoms with E-state index in [1.54, 1.807) is 0 Å². The maximum Gasteiger partial charge on any atom is 0.265 e. The van der Waals surface area contributed by atoms with E-state index in [0.717, 1.165) is 22.2 Å². The van der Waals surface area contributed by atoms with Crippen molar-refractivity contribution >= 4 is 32.9 Å². The van der Waals surface area contributed by atoms with Crippen molar-refractivity contribution in [1.29, 1.82) is 0 Å². The number of para-hydroxylation sites is 2. The van der Waals surface area contributed by atoms with Crippen molar-refractivity contribution in [2.75, 3.05) is 17.8 Å². The summed E-state index contributed by atoms with van der Waals surface area (Å²) in [5.74, 6) is -0.252. The van der Waals surface area contributed by atoms with Crippen molar-refractivity contribution < 1.29 is 17.7 Å². The minimum absolute atomic E-state index is 0.252. The Morgan fingerprint density at radius 3 is 2.63 bits per heavy atom. The lowest BCUT2D eigenvalue weighted by Gasteiger charge is -2.12. The molecular formula is C19H23N4O3S+. The summed E-state index contributed by atoms with van der Waals surface area (Å²) in [6.07, 6.45) is 4.13. The fourth-order valence-electron chi connectivity index (χ4n) is 3.02. The Hall–Kier alpha value is -2.71. The van der Waals surface area contributed by atoms with Gasteiger partial charge in [-0.3, -0.25) is 9.56 Å². The van der Waals surface area contributed by atoms with Crippen LogP contribution in [0.3, 0.4) is 0 Å². The molecule has 3 aromatic rings. The molecule has 0 spiro atoms. The third kappa shape index (κ3) is 4.72. The third-order valence-corrected chi connectivity index (χ3v) is 5.19. The second-order valence-electron chi connectivity index (χ2n) is 6.34. The van der Waals surface area contributed by atoms with Crippen LogP contribution in [0, 0.1) is 0 Å². The van der Waals surface area contributed by atoms with Crippen LogP contribution in [0.2, 0.25) is 0 Å². The van der Waals surface area contributed by atoms with Gasteiger partial charge in [-0.2, -0.15) is 18.2 Å². The van der Waals surface area contributed by atoms with Gasteiger partial charge in [0.1, 0.15) is 5.52 Å². The molecule has 1 heterocycles. The predicted octanol–water partition coefficient (Wildman–Crippen LogP) is 2.21. The highest BCUT2D eigenvalue weighted by Crippen LogP contribution is 2.17. The van der Waals surface area contributed by atoms with E-state index in [1.165, 1.54) is 0 Å². The number of anilines is 1.